The molecule has 0 aromatic rings. The van der Waals surface area contributed by atoms with Crippen LogP contribution in [0.5, 0.6) is 0 Å². The number of carbonyl (C=O) groups is 2. The molecule has 0 aliphatic carbocycles. The average molecular weight is 765 g/mol. The summed E-state index contributed by atoms with van der Waals surface area (Å²) in [5.41, 5.74) is 5.76. The summed E-state index contributed by atoms with van der Waals surface area (Å²) in [7, 11) is 0. The predicted molar refractivity (Wildman–Crippen MR) is 234 cm³/mol. The minimum Gasteiger partial charge on any atom is -0.376 e. The second kappa shape index (κ2) is 43.0. The van der Waals surface area contributed by atoms with Crippen LogP contribution >= 0.6 is 0 Å². The molecular formula is C48H96N2O4. The number of primary amides is 1. The Morgan fingerprint density at radius 1 is 0.481 bits per heavy atom. The quantitative estimate of drug-likeness (QED) is 0.0626. The number of nitrogens with zero attached hydrogens (tertiary/aromatic N) is 1. The molecule has 2 amide bonds. The van der Waals surface area contributed by atoms with E-state index in [9.17, 15) is 9.59 Å². The third kappa shape index (κ3) is 37.8. The van der Waals surface area contributed by atoms with E-state index < -0.39 is 0 Å². The molecule has 0 saturated heterocycles. The summed E-state index contributed by atoms with van der Waals surface area (Å²) >= 11 is 0. The number of amides is 2. The molecule has 0 fully saturated rings. The maximum Gasteiger partial charge on any atom is 0.248 e. The van der Waals surface area contributed by atoms with E-state index in [1.807, 2.05) is 11.8 Å². The Kier molecular flexibility index (Phi) is 42.1. The molecular weight excluding hydrogens is 669 g/mol. The van der Waals surface area contributed by atoms with Crippen LogP contribution in [0.3, 0.4) is 0 Å². The van der Waals surface area contributed by atoms with Gasteiger partial charge in [-0.15, -0.1) is 0 Å². The van der Waals surface area contributed by atoms with Gasteiger partial charge in [-0.25, -0.2) is 0 Å². The van der Waals surface area contributed by atoms with Crippen molar-refractivity contribution in [2.24, 2.45) is 11.7 Å². The molecule has 6 heteroatoms. The van der Waals surface area contributed by atoms with Crippen LogP contribution in [-0.4, -0.2) is 55.7 Å². The van der Waals surface area contributed by atoms with Crippen molar-refractivity contribution in [1.29, 1.82) is 0 Å². The number of nitrogens with two attached hydrogens (primary N) is 1. The largest absolute Gasteiger partial charge is 0.376 e. The highest BCUT2D eigenvalue weighted by Gasteiger charge is 2.19. The van der Waals surface area contributed by atoms with Gasteiger partial charge in [0, 0.05) is 19.0 Å². The van der Waals surface area contributed by atoms with Crippen LogP contribution in [0, 0.1) is 5.92 Å². The molecule has 2 unspecified atom stereocenters. The van der Waals surface area contributed by atoms with Gasteiger partial charge < -0.3 is 20.1 Å². The molecule has 0 heterocycles. The molecule has 0 radical (unpaired) electrons. The second-order valence-electron chi connectivity index (χ2n) is 16.8. The van der Waals surface area contributed by atoms with Gasteiger partial charge in [0.2, 0.25) is 11.8 Å². The fraction of sp³-hybridized carbons (Fsp3) is 0.958. The minimum absolute atomic E-state index is 0.0608. The molecule has 0 spiro atoms. The SMILES string of the molecule is CCCCCCCCCCCCCCCCCCC(CC(C)OCCOCC(=O)N(CCC)CCCCCCCCCCCCCCCCCC)C(N)=O. The first-order valence-electron chi connectivity index (χ1n) is 24.2. The summed E-state index contributed by atoms with van der Waals surface area (Å²) in [6.45, 7) is 11.2. The number of unbranched alkanes of at least 4 members (excludes halogenated alkanes) is 30. The van der Waals surface area contributed by atoms with E-state index in [0.29, 0.717) is 19.6 Å². The number of hydrogen-bond donors (Lipinski definition) is 1. The maximum atomic E-state index is 12.8. The molecule has 54 heavy (non-hydrogen) atoms. The molecule has 0 saturated carbocycles. The lowest BCUT2D eigenvalue weighted by atomic mass is 9.94. The van der Waals surface area contributed by atoms with E-state index in [1.165, 1.54) is 193 Å². The van der Waals surface area contributed by atoms with Gasteiger partial charge in [-0.2, -0.15) is 0 Å². The summed E-state index contributed by atoms with van der Waals surface area (Å²) < 4.78 is 11.7. The third-order valence-corrected chi connectivity index (χ3v) is 11.4. The van der Waals surface area contributed by atoms with Crippen molar-refractivity contribution in [3.8, 4) is 0 Å². The first-order chi connectivity index (χ1) is 26.5. The van der Waals surface area contributed by atoms with Crippen LogP contribution in [0.2, 0.25) is 0 Å². The van der Waals surface area contributed by atoms with Gasteiger partial charge in [0.05, 0.1) is 19.3 Å². The Balaban J connectivity index is 3.81. The van der Waals surface area contributed by atoms with Gasteiger partial charge >= 0.3 is 0 Å². The number of rotatable bonds is 45. The molecule has 0 rings (SSSR count). The van der Waals surface area contributed by atoms with E-state index in [4.69, 9.17) is 15.2 Å². The highest BCUT2D eigenvalue weighted by molar-refractivity contribution is 5.77. The van der Waals surface area contributed by atoms with Gasteiger partial charge in [0.25, 0.3) is 0 Å². The van der Waals surface area contributed by atoms with E-state index in [2.05, 4.69) is 20.8 Å². The van der Waals surface area contributed by atoms with Crippen LogP contribution < -0.4 is 5.73 Å². The van der Waals surface area contributed by atoms with Crippen molar-refractivity contribution in [1.82, 2.24) is 4.90 Å². The molecule has 0 aromatic carbocycles. The molecule has 0 aliphatic heterocycles. The molecule has 2 N–H and O–H groups in total. The topological polar surface area (TPSA) is 81.9 Å². The standard InChI is InChI=1S/C48H96N2O4/c1-5-8-10-12-14-16-18-20-22-24-26-28-30-32-34-36-38-46(48(49)52)43-45(4)54-42-41-53-44-47(51)50(39-7-3)40-37-35-33-31-29-27-25-23-21-19-17-15-13-11-9-6-2/h45-46H,5-44H2,1-4H3,(H2,49,52). The fourth-order valence-corrected chi connectivity index (χ4v) is 7.82. The summed E-state index contributed by atoms with van der Waals surface area (Å²) in [6, 6.07) is 0. The van der Waals surface area contributed by atoms with Crippen molar-refractivity contribution < 1.29 is 19.1 Å². The van der Waals surface area contributed by atoms with Gasteiger partial charge in [-0.1, -0.05) is 220 Å². The minimum atomic E-state index is -0.214. The van der Waals surface area contributed by atoms with Crippen LogP contribution in [0.4, 0.5) is 0 Å². The van der Waals surface area contributed by atoms with Crippen molar-refractivity contribution in [2.45, 2.75) is 259 Å². The number of carbonyl (C=O) groups excluding carboxylic acids is 2. The summed E-state index contributed by atoms with van der Waals surface area (Å²) in [5.74, 6) is -0.270. The van der Waals surface area contributed by atoms with Crippen LogP contribution in [0.25, 0.3) is 0 Å². The second-order valence-corrected chi connectivity index (χ2v) is 16.8. The smallest absolute Gasteiger partial charge is 0.248 e. The molecule has 0 aliphatic rings. The van der Waals surface area contributed by atoms with Gasteiger partial charge in [-0.3, -0.25) is 9.59 Å². The first-order valence-corrected chi connectivity index (χ1v) is 24.2. The molecule has 322 valence electrons. The zero-order chi connectivity index (χ0) is 39.6. The number of hydrogen-bond acceptors (Lipinski definition) is 4. The molecule has 2 atom stereocenters. The molecule has 0 aromatic heterocycles. The summed E-state index contributed by atoms with van der Waals surface area (Å²) in [6.07, 6.45) is 45.7. The van der Waals surface area contributed by atoms with E-state index in [0.717, 1.165) is 38.8 Å². The third-order valence-electron chi connectivity index (χ3n) is 11.4. The Hall–Kier alpha value is -1.14. The van der Waals surface area contributed by atoms with Crippen LogP contribution in [-0.2, 0) is 19.1 Å². The maximum absolute atomic E-state index is 12.8. The lowest BCUT2D eigenvalue weighted by Crippen LogP contribution is -2.36. The highest BCUT2D eigenvalue weighted by Crippen LogP contribution is 2.19. The summed E-state index contributed by atoms with van der Waals surface area (Å²) in [4.78, 5) is 26.9. The number of ether oxygens (including phenoxy) is 2. The van der Waals surface area contributed by atoms with Gasteiger partial charge in [-0.05, 0) is 32.6 Å². The molecule has 6 nitrogen and oxygen atoms in total. The van der Waals surface area contributed by atoms with E-state index in [-0.39, 0.29) is 30.4 Å². The van der Waals surface area contributed by atoms with E-state index >= 15 is 0 Å². The highest BCUT2D eigenvalue weighted by atomic mass is 16.5. The Morgan fingerprint density at radius 3 is 1.22 bits per heavy atom. The van der Waals surface area contributed by atoms with Crippen LogP contribution in [0.15, 0.2) is 0 Å². The average Bonchev–Trinajstić information content (AvgIpc) is 3.16. The zero-order valence-corrected chi connectivity index (χ0v) is 37.1. The normalized spacial score (nSPS) is 12.7. The first kappa shape index (κ1) is 52.9. The summed E-state index contributed by atoms with van der Waals surface area (Å²) in [5, 5.41) is 0. The van der Waals surface area contributed by atoms with Crippen LogP contribution in [0.1, 0.15) is 252 Å². The van der Waals surface area contributed by atoms with Crippen molar-refractivity contribution in [3.05, 3.63) is 0 Å². The Labute approximate surface area is 338 Å². The lowest BCUT2D eigenvalue weighted by Gasteiger charge is -2.22. The fourth-order valence-electron chi connectivity index (χ4n) is 7.82. The van der Waals surface area contributed by atoms with Crippen molar-refractivity contribution in [3.63, 3.8) is 0 Å². The van der Waals surface area contributed by atoms with E-state index in [1.54, 1.807) is 0 Å². The van der Waals surface area contributed by atoms with Crippen molar-refractivity contribution >= 4 is 11.8 Å². The Bertz CT molecular complexity index is 778. The Morgan fingerprint density at radius 2 is 0.852 bits per heavy atom. The lowest BCUT2D eigenvalue weighted by molar-refractivity contribution is -0.137. The monoisotopic (exact) mass is 765 g/mol. The van der Waals surface area contributed by atoms with Crippen molar-refractivity contribution in [2.75, 3.05) is 32.9 Å². The van der Waals surface area contributed by atoms with Gasteiger partial charge in [0.15, 0.2) is 0 Å². The zero-order valence-electron chi connectivity index (χ0n) is 37.1. The van der Waals surface area contributed by atoms with Gasteiger partial charge in [0.1, 0.15) is 6.61 Å². The molecule has 0 bridgehead atoms. The predicted octanol–water partition coefficient (Wildman–Crippen LogP) is 14.1.